The predicted octanol–water partition coefficient (Wildman–Crippen LogP) is 4.21. The third-order valence-electron chi connectivity index (χ3n) is 6.94. The van der Waals surface area contributed by atoms with Gasteiger partial charge in [0.05, 0.1) is 18.3 Å². The second-order valence-electron chi connectivity index (χ2n) is 9.58. The van der Waals surface area contributed by atoms with Crippen LogP contribution in [0.5, 0.6) is 5.75 Å². The van der Waals surface area contributed by atoms with Crippen molar-refractivity contribution in [3.8, 4) is 17.0 Å². The Labute approximate surface area is 218 Å². The molecule has 2 aromatic heterocycles. The number of aromatic nitrogens is 2. The van der Waals surface area contributed by atoms with Gasteiger partial charge in [-0.05, 0) is 66.1 Å². The van der Waals surface area contributed by atoms with Crippen LogP contribution in [0, 0.1) is 23.4 Å². The molecule has 0 saturated heterocycles. The van der Waals surface area contributed by atoms with Gasteiger partial charge in [0, 0.05) is 32.0 Å². The van der Waals surface area contributed by atoms with Gasteiger partial charge in [0.1, 0.15) is 29.6 Å². The highest BCUT2D eigenvalue weighted by molar-refractivity contribution is 5.96. The number of methoxy groups -OCH3 is 1. The van der Waals surface area contributed by atoms with Gasteiger partial charge in [0.25, 0.3) is 0 Å². The second kappa shape index (κ2) is 12.0. The minimum Gasteiger partial charge on any atom is -0.488 e. The second-order valence-corrected chi connectivity index (χ2v) is 9.58. The molecular weight excluding hydrogens is 499 g/mol. The molecule has 0 bridgehead atoms. The van der Waals surface area contributed by atoms with Crippen molar-refractivity contribution in [1.82, 2.24) is 9.97 Å². The number of ketones is 1. The Bertz CT molecular complexity index is 1290. The molecule has 1 aliphatic rings. The van der Waals surface area contributed by atoms with E-state index in [0.29, 0.717) is 18.4 Å². The summed E-state index contributed by atoms with van der Waals surface area (Å²) < 4.78 is 54.7. The van der Waals surface area contributed by atoms with E-state index in [0.717, 1.165) is 23.8 Å². The maximum atomic E-state index is 15.1. The molecule has 1 fully saturated rings. The van der Waals surface area contributed by atoms with Gasteiger partial charge in [-0.1, -0.05) is 6.92 Å². The van der Waals surface area contributed by atoms with Crippen LogP contribution in [0.15, 0.2) is 42.7 Å². The van der Waals surface area contributed by atoms with Crippen molar-refractivity contribution < 1.29 is 32.5 Å². The van der Waals surface area contributed by atoms with E-state index < -0.39 is 40.6 Å². The molecule has 3 N–H and O–H groups in total. The number of nitrogens with zero attached hydrogens (tertiary/aromatic N) is 2. The van der Waals surface area contributed by atoms with E-state index in [1.54, 1.807) is 12.4 Å². The Morgan fingerprint density at radius 1 is 1.11 bits per heavy atom. The van der Waals surface area contributed by atoms with E-state index in [1.165, 1.54) is 13.2 Å². The monoisotopic (exact) mass is 529 g/mol. The molecule has 0 spiro atoms. The SMILES string of the molecule is COCCOc1ccc(F)c(-c2nc(C(=O)Cc3cnccc3[C@H]3C[C@@H](N)[C@H](O)[C@@H](C)C3)ccc2F)c1F. The lowest BCUT2D eigenvalue weighted by Gasteiger charge is -2.36. The van der Waals surface area contributed by atoms with E-state index in [1.807, 2.05) is 13.0 Å². The van der Waals surface area contributed by atoms with Gasteiger partial charge in [-0.2, -0.15) is 0 Å². The molecule has 1 aliphatic carbocycles. The third kappa shape index (κ3) is 5.87. The topological polar surface area (TPSA) is 108 Å². The highest BCUT2D eigenvalue weighted by Gasteiger charge is 2.34. The minimum absolute atomic E-state index is 0.00398. The molecule has 1 saturated carbocycles. The third-order valence-corrected chi connectivity index (χ3v) is 6.94. The summed E-state index contributed by atoms with van der Waals surface area (Å²) in [7, 11) is 1.45. The summed E-state index contributed by atoms with van der Waals surface area (Å²) in [4.78, 5) is 21.4. The predicted molar refractivity (Wildman–Crippen MR) is 134 cm³/mol. The standard InChI is InChI=1S/C28H30F3N3O4/c1-15-11-16(12-21(32)28(15)36)18-7-8-33-14-17(18)13-23(35)22-5-3-20(30)27(34-22)25-19(29)4-6-24(26(25)31)38-10-9-37-2/h3-8,14-16,21,28,36H,9-13,32H2,1-2H3/t15-,16+,21+,28+/m0/s1. The van der Waals surface area contributed by atoms with Crippen LogP contribution in [0.3, 0.4) is 0 Å². The molecule has 4 atom stereocenters. The molecule has 3 aromatic rings. The molecule has 202 valence electrons. The van der Waals surface area contributed by atoms with Crippen LogP contribution < -0.4 is 10.5 Å². The summed E-state index contributed by atoms with van der Waals surface area (Å²) in [6, 6.07) is 5.62. The molecule has 1 aromatic carbocycles. The molecule has 4 rings (SSSR count). The average molecular weight is 530 g/mol. The first-order chi connectivity index (χ1) is 18.2. The fourth-order valence-corrected chi connectivity index (χ4v) is 4.95. The Balaban J connectivity index is 1.62. The van der Waals surface area contributed by atoms with Crippen molar-refractivity contribution in [1.29, 1.82) is 0 Å². The largest absolute Gasteiger partial charge is 0.488 e. The van der Waals surface area contributed by atoms with E-state index in [2.05, 4.69) is 9.97 Å². The highest BCUT2D eigenvalue weighted by Crippen LogP contribution is 2.37. The number of hydrogen-bond acceptors (Lipinski definition) is 7. The molecule has 0 unspecified atom stereocenters. The van der Waals surface area contributed by atoms with Gasteiger partial charge in [-0.15, -0.1) is 0 Å². The Kier molecular flexibility index (Phi) is 8.76. The number of pyridine rings is 2. The summed E-state index contributed by atoms with van der Waals surface area (Å²) in [5, 5.41) is 10.2. The summed E-state index contributed by atoms with van der Waals surface area (Å²) >= 11 is 0. The van der Waals surface area contributed by atoms with E-state index in [-0.39, 0.29) is 49.0 Å². The zero-order valence-electron chi connectivity index (χ0n) is 21.2. The zero-order chi connectivity index (χ0) is 27.4. The fraction of sp³-hybridized carbons (Fsp3) is 0.393. The van der Waals surface area contributed by atoms with Crippen LogP contribution in [0.4, 0.5) is 13.2 Å². The first-order valence-electron chi connectivity index (χ1n) is 12.4. The molecule has 2 heterocycles. The van der Waals surface area contributed by atoms with Gasteiger partial charge >= 0.3 is 0 Å². The van der Waals surface area contributed by atoms with Crippen LogP contribution >= 0.6 is 0 Å². The number of aliphatic hydroxyl groups excluding tert-OH is 1. The van der Waals surface area contributed by atoms with Gasteiger partial charge in [-0.3, -0.25) is 9.78 Å². The van der Waals surface area contributed by atoms with Crippen LogP contribution in [-0.2, 0) is 11.2 Å². The van der Waals surface area contributed by atoms with Crippen molar-refractivity contribution in [2.75, 3.05) is 20.3 Å². The number of carbonyl (C=O) groups excluding carboxylic acids is 1. The van der Waals surface area contributed by atoms with E-state index >= 15 is 4.39 Å². The van der Waals surface area contributed by atoms with Crippen LogP contribution in [-0.4, -0.2) is 53.3 Å². The lowest BCUT2D eigenvalue weighted by Crippen LogP contribution is -2.44. The Morgan fingerprint density at radius 2 is 1.87 bits per heavy atom. The van der Waals surface area contributed by atoms with Crippen LogP contribution in [0.25, 0.3) is 11.3 Å². The summed E-state index contributed by atoms with van der Waals surface area (Å²) in [5.41, 5.74) is 6.18. The maximum Gasteiger partial charge on any atom is 0.185 e. The quantitative estimate of drug-likeness (QED) is 0.316. The van der Waals surface area contributed by atoms with Crippen molar-refractivity contribution >= 4 is 5.78 Å². The number of rotatable bonds is 9. The van der Waals surface area contributed by atoms with Gasteiger partial charge < -0.3 is 20.3 Å². The smallest absolute Gasteiger partial charge is 0.185 e. The maximum absolute atomic E-state index is 15.1. The molecule has 10 heteroatoms. The van der Waals surface area contributed by atoms with Crippen LogP contribution in [0.1, 0.15) is 47.3 Å². The Morgan fingerprint density at radius 3 is 2.61 bits per heavy atom. The van der Waals surface area contributed by atoms with E-state index in [9.17, 15) is 18.7 Å². The molecular formula is C28H30F3N3O4. The lowest BCUT2D eigenvalue weighted by atomic mass is 9.74. The number of benzene rings is 1. The summed E-state index contributed by atoms with van der Waals surface area (Å²) in [5.74, 6) is -3.91. The number of halogens is 3. The number of Topliss-reactive ketones (excluding diaryl/α,β-unsaturated/α-hetero) is 1. The number of aliphatic hydroxyl groups is 1. The van der Waals surface area contributed by atoms with Crippen molar-refractivity contribution in [2.24, 2.45) is 11.7 Å². The van der Waals surface area contributed by atoms with Gasteiger partial charge in [0.15, 0.2) is 17.3 Å². The van der Waals surface area contributed by atoms with Crippen molar-refractivity contribution in [3.63, 3.8) is 0 Å². The molecule has 0 amide bonds. The van der Waals surface area contributed by atoms with Gasteiger partial charge in [-0.25, -0.2) is 18.2 Å². The first kappa shape index (κ1) is 27.7. The molecule has 7 nitrogen and oxygen atoms in total. The summed E-state index contributed by atoms with van der Waals surface area (Å²) in [6.45, 7) is 2.11. The van der Waals surface area contributed by atoms with E-state index in [4.69, 9.17) is 15.2 Å². The molecule has 0 aliphatic heterocycles. The highest BCUT2D eigenvalue weighted by atomic mass is 19.1. The number of nitrogens with two attached hydrogens (primary N) is 1. The lowest BCUT2D eigenvalue weighted by molar-refractivity contribution is 0.0519. The van der Waals surface area contributed by atoms with Crippen molar-refractivity contribution in [3.05, 3.63) is 77.0 Å². The van der Waals surface area contributed by atoms with Crippen molar-refractivity contribution in [2.45, 2.75) is 44.2 Å². The van der Waals surface area contributed by atoms with Gasteiger partial charge in [0.2, 0.25) is 0 Å². The fourth-order valence-electron chi connectivity index (χ4n) is 4.95. The zero-order valence-corrected chi connectivity index (χ0v) is 21.2. The molecule has 38 heavy (non-hydrogen) atoms. The normalized spacial score (nSPS) is 21.3. The van der Waals surface area contributed by atoms with Crippen LogP contribution in [0.2, 0.25) is 0 Å². The average Bonchev–Trinajstić information content (AvgIpc) is 2.89. The molecule has 0 radical (unpaired) electrons. The minimum atomic E-state index is -1.13. The number of hydrogen-bond donors (Lipinski definition) is 2. The summed E-state index contributed by atoms with van der Waals surface area (Å²) in [6.07, 6.45) is 3.77. The number of ether oxygens (including phenoxy) is 2. The Hall–Kier alpha value is -3.34. The number of carbonyl (C=O) groups is 1. The first-order valence-corrected chi connectivity index (χ1v) is 12.4.